The van der Waals surface area contributed by atoms with E-state index in [4.69, 9.17) is 0 Å². The number of phenols is 1. The first kappa shape index (κ1) is 15.4. The highest BCUT2D eigenvalue weighted by molar-refractivity contribution is 5.38. The minimum atomic E-state index is -0.467. The van der Waals surface area contributed by atoms with Crippen LogP contribution in [0.5, 0.6) is 5.75 Å². The molecule has 0 radical (unpaired) electrons. The van der Waals surface area contributed by atoms with Crippen molar-refractivity contribution in [1.29, 1.82) is 0 Å². The molecule has 0 saturated carbocycles. The van der Waals surface area contributed by atoms with Gasteiger partial charge in [-0.2, -0.15) is 0 Å². The lowest BCUT2D eigenvalue weighted by molar-refractivity contribution is 0.432. The molecule has 2 nitrogen and oxygen atoms in total. The van der Waals surface area contributed by atoms with Crippen LogP contribution in [0.25, 0.3) is 0 Å². The molecule has 0 aromatic heterocycles. The van der Waals surface area contributed by atoms with Crippen LogP contribution in [0.2, 0.25) is 0 Å². The second kappa shape index (κ2) is 6.22. The molecule has 21 heavy (non-hydrogen) atoms. The average Bonchev–Trinajstić information content (AvgIpc) is 2.43. The highest BCUT2D eigenvalue weighted by Gasteiger charge is 2.17. The quantitative estimate of drug-likeness (QED) is 0.875. The van der Waals surface area contributed by atoms with E-state index in [2.05, 4.69) is 5.32 Å². The summed E-state index contributed by atoms with van der Waals surface area (Å²) < 4.78 is 27.0. The third-order valence-electron chi connectivity index (χ3n) is 3.57. The molecule has 4 heteroatoms. The topological polar surface area (TPSA) is 32.3 Å². The summed E-state index contributed by atoms with van der Waals surface area (Å²) in [5, 5.41) is 13.1. The summed E-state index contributed by atoms with van der Waals surface area (Å²) in [6.07, 6.45) is 0. The van der Waals surface area contributed by atoms with E-state index in [-0.39, 0.29) is 23.4 Å². The highest BCUT2D eigenvalue weighted by Crippen LogP contribution is 2.28. The zero-order valence-corrected chi connectivity index (χ0v) is 12.3. The molecule has 0 saturated heterocycles. The number of hydrogen-bond acceptors (Lipinski definition) is 2. The number of halogens is 2. The number of hydrogen-bond donors (Lipinski definition) is 2. The summed E-state index contributed by atoms with van der Waals surface area (Å²) in [5.41, 5.74) is 2.04. The second-order valence-electron chi connectivity index (χ2n) is 5.34. The molecular weight excluding hydrogens is 272 g/mol. The predicted octanol–water partition coefficient (Wildman–Crippen LogP) is 4.39. The van der Waals surface area contributed by atoms with E-state index in [9.17, 15) is 13.9 Å². The number of aryl methyl sites for hydroxylation is 1. The van der Waals surface area contributed by atoms with Gasteiger partial charge in [0, 0.05) is 23.2 Å². The lowest BCUT2D eigenvalue weighted by atomic mass is 10.0. The maximum absolute atomic E-state index is 13.8. The lowest BCUT2D eigenvalue weighted by Gasteiger charge is -2.22. The maximum Gasteiger partial charge on any atom is 0.128 e. The van der Waals surface area contributed by atoms with Crippen molar-refractivity contribution in [2.75, 3.05) is 0 Å². The van der Waals surface area contributed by atoms with Crippen LogP contribution < -0.4 is 5.32 Å². The Labute approximate surface area is 123 Å². The van der Waals surface area contributed by atoms with E-state index < -0.39 is 11.6 Å². The summed E-state index contributed by atoms with van der Waals surface area (Å²) in [4.78, 5) is 0. The van der Waals surface area contributed by atoms with Gasteiger partial charge in [-0.25, -0.2) is 8.78 Å². The van der Waals surface area contributed by atoms with Crippen molar-refractivity contribution >= 4 is 0 Å². The van der Waals surface area contributed by atoms with Gasteiger partial charge < -0.3 is 10.4 Å². The van der Waals surface area contributed by atoms with Crippen molar-refractivity contribution in [2.24, 2.45) is 0 Å². The number of rotatable bonds is 4. The predicted molar refractivity (Wildman–Crippen MR) is 79.2 cm³/mol. The minimum Gasteiger partial charge on any atom is -0.508 e. The summed E-state index contributed by atoms with van der Waals surface area (Å²) in [6.45, 7) is 5.58. The van der Waals surface area contributed by atoms with Crippen LogP contribution in [0.15, 0.2) is 36.4 Å². The molecule has 112 valence electrons. The van der Waals surface area contributed by atoms with E-state index in [0.717, 1.165) is 23.3 Å². The van der Waals surface area contributed by atoms with Crippen LogP contribution in [0.1, 0.15) is 42.6 Å². The minimum absolute atomic E-state index is 0.188. The maximum atomic E-state index is 13.8. The van der Waals surface area contributed by atoms with Crippen molar-refractivity contribution in [3.8, 4) is 5.75 Å². The summed E-state index contributed by atoms with van der Waals surface area (Å²) in [7, 11) is 0. The second-order valence-corrected chi connectivity index (χ2v) is 5.34. The van der Waals surface area contributed by atoms with E-state index >= 15 is 0 Å². The van der Waals surface area contributed by atoms with Gasteiger partial charge in [0.25, 0.3) is 0 Å². The van der Waals surface area contributed by atoms with Crippen molar-refractivity contribution < 1.29 is 13.9 Å². The van der Waals surface area contributed by atoms with Gasteiger partial charge in [-0.1, -0.05) is 17.7 Å². The van der Waals surface area contributed by atoms with Crippen molar-refractivity contribution in [2.45, 2.75) is 32.9 Å². The first-order chi connectivity index (χ1) is 9.88. The van der Waals surface area contributed by atoms with Crippen LogP contribution in [-0.2, 0) is 0 Å². The van der Waals surface area contributed by atoms with E-state index in [0.29, 0.717) is 0 Å². The molecule has 0 amide bonds. The third kappa shape index (κ3) is 3.58. The Balaban J connectivity index is 2.20. The van der Waals surface area contributed by atoms with E-state index in [1.807, 2.05) is 26.0 Å². The summed E-state index contributed by atoms with van der Waals surface area (Å²) in [5.74, 6) is -0.726. The third-order valence-corrected chi connectivity index (χ3v) is 3.57. The van der Waals surface area contributed by atoms with Gasteiger partial charge in [0.05, 0.1) is 0 Å². The molecule has 0 aliphatic rings. The summed E-state index contributed by atoms with van der Waals surface area (Å²) >= 11 is 0. The van der Waals surface area contributed by atoms with Gasteiger partial charge in [0.15, 0.2) is 0 Å². The Morgan fingerprint density at radius 2 is 1.62 bits per heavy atom. The van der Waals surface area contributed by atoms with Crippen LogP contribution in [0.4, 0.5) is 8.78 Å². The van der Waals surface area contributed by atoms with Gasteiger partial charge in [-0.05, 0) is 45.0 Å². The van der Waals surface area contributed by atoms with Crippen LogP contribution >= 0.6 is 0 Å². The first-order valence-corrected chi connectivity index (χ1v) is 6.89. The fraction of sp³-hybridized carbons (Fsp3) is 0.294. The van der Waals surface area contributed by atoms with Crippen LogP contribution in [0, 0.1) is 18.6 Å². The van der Waals surface area contributed by atoms with Crippen molar-refractivity contribution in [1.82, 2.24) is 5.32 Å². The van der Waals surface area contributed by atoms with E-state index in [1.54, 1.807) is 13.0 Å². The lowest BCUT2D eigenvalue weighted by Crippen LogP contribution is -2.23. The van der Waals surface area contributed by atoms with Crippen LogP contribution in [-0.4, -0.2) is 5.11 Å². The van der Waals surface area contributed by atoms with E-state index in [1.165, 1.54) is 6.07 Å². The molecule has 2 atom stereocenters. The van der Waals surface area contributed by atoms with Crippen LogP contribution in [0.3, 0.4) is 0 Å². The molecule has 2 unspecified atom stereocenters. The Bertz CT molecular complexity index is 587. The van der Waals surface area contributed by atoms with Crippen molar-refractivity contribution in [3.05, 3.63) is 64.7 Å². The molecule has 2 N–H and O–H groups in total. The highest BCUT2D eigenvalue weighted by atomic mass is 19.1. The monoisotopic (exact) mass is 291 g/mol. The first-order valence-electron chi connectivity index (χ1n) is 6.89. The summed E-state index contributed by atoms with van der Waals surface area (Å²) in [6, 6.07) is 8.17. The zero-order valence-electron chi connectivity index (χ0n) is 12.3. The molecule has 0 aliphatic carbocycles. The molecule has 2 rings (SSSR count). The number of nitrogens with one attached hydrogen (secondary N) is 1. The molecule has 0 aliphatic heterocycles. The Hall–Kier alpha value is -1.94. The molecule has 0 spiro atoms. The molecule has 2 aromatic carbocycles. The molecule has 0 heterocycles. The number of benzene rings is 2. The Kier molecular flexibility index (Phi) is 4.58. The standard InChI is InChI=1S/C17H19F2NO/c1-10-4-7-17(21)15(8-10)12(3)20-11(2)14-9-13(18)5-6-16(14)19/h4-9,11-12,20-21H,1-3H3. The van der Waals surface area contributed by atoms with Gasteiger partial charge in [-0.15, -0.1) is 0 Å². The average molecular weight is 291 g/mol. The largest absolute Gasteiger partial charge is 0.508 e. The van der Waals surface area contributed by atoms with Gasteiger partial charge in [0.2, 0.25) is 0 Å². The zero-order chi connectivity index (χ0) is 15.6. The van der Waals surface area contributed by atoms with Gasteiger partial charge in [-0.3, -0.25) is 0 Å². The molecule has 0 bridgehead atoms. The normalized spacial score (nSPS) is 14.0. The fourth-order valence-corrected chi connectivity index (χ4v) is 2.42. The molecule has 0 fully saturated rings. The van der Waals surface area contributed by atoms with Gasteiger partial charge in [0.1, 0.15) is 17.4 Å². The van der Waals surface area contributed by atoms with Gasteiger partial charge >= 0.3 is 0 Å². The smallest absolute Gasteiger partial charge is 0.128 e. The fourth-order valence-electron chi connectivity index (χ4n) is 2.42. The van der Waals surface area contributed by atoms with Crippen molar-refractivity contribution in [3.63, 3.8) is 0 Å². The molecular formula is C17H19F2NO. The Morgan fingerprint density at radius 1 is 0.952 bits per heavy atom. The Morgan fingerprint density at radius 3 is 2.33 bits per heavy atom. The number of phenolic OH excluding ortho intramolecular Hbond substituents is 1. The SMILES string of the molecule is Cc1ccc(O)c(C(C)NC(C)c2cc(F)ccc2F)c1. The number of aromatic hydroxyl groups is 1. The molecule has 2 aromatic rings.